The highest BCUT2D eigenvalue weighted by Gasteiger charge is 2.14. The van der Waals surface area contributed by atoms with Crippen molar-refractivity contribution in [3.8, 4) is 22.1 Å². The number of methoxy groups -OCH3 is 1. The summed E-state index contributed by atoms with van der Waals surface area (Å²) in [7, 11) is 1.54. The second kappa shape index (κ2) is 7.97. The smallest absolute Gasteiger partial charge is 0.275 e. The van der Waals surface area contributed by atoms with Crippen LogP contribution in [0.3, 0.4) is 0 Å². The molecule has 7 heteroatoms. The van der Waals surface area contributed by atoms with E-state index in [0.717, 1.165) is 16.3 Å². The van der Waals surface area contributed by atoms with Crippen molar-refractivity contribution < 1.29 is 14.3 Å². The van der Waals surface area contributed by atoms with Crippen LogP contribution in [0.1, 0.15) is 24.3 Å². The minimum absolute atomic E-state index is 0.125. The van der Waals surface area contributed by atoms with Gasteiger partial charge in [0, 0.05) is 23.2 Å². The van der Waals surface area contributed by atoms with E-state index in [1.54, 1.807) is 24.8 Å². The highest BCUT2D eigenvalue weighted by Crippen LogP contribution is 2.27. The van der Waals surface area contributed by atoms with Gasteiger partial charge in [0.15, 0.2) is 0 Å². The monoisotopic (exact) mass is 369 g/mol. The zero-order valence-electron chi connectivity index (χ0n) is 14.7. The van der Waals surface area contributed by atoms with E-state index in [4.69, 9.17) is 9.47 Å². The van der Waals surface area contributed by atoms with Gasteiger partial charge < -0.3 is 14.8 Å². The number of benzene rings is 1. The van der Waals surface area contributed by atoms with Crippen LogP contribution in [-0.4, -0.2) is 29.1 Å². The van der Waals surface area contributed by atoms with Gasteiger partial charge in [-0.1, -0.05) is 0 Å². The Bertz CT molecular complexity index is 891. The summed E-state index contributed by atoms with van der Waals surface area (Å²) in [5.74, 6) is 1.05. The predicted molar refractivity (Wildman–Crippen MR) is 102 cm³/mol. The molecule has 0 aliphatic rings. The van der Waals surface area contributed by atoms with E-state index in [2.05, 4.69) is 15.3 Å². The maximum absolute atomic E-state index is 12.4. The average molecular weight is 369 g/mol. The Labute approximate surface area is 155 Å². The van der Waals surface area contributed by atoms with E-state index >= 15 is 0 Å². The van der Waals surface area contributed by atoms with E-state index < -0.39 is 0 Å². The Kier molecular flexibility index (Phi) is 5.48. The molecule has 0 aliphatic carbocycles. The molecule has 1 amide bonds. The molecule has 1 aromatic carbocycles. The molecule has 26 heavy (non-hydrogen) atoms. The minimum Gasteiger partial charge on any atom is -0.494 e. The lowest BCUT2D eigenvalue weighted by Crippen LogP contribution is -2.13. The van der Waals surface area contributed by atoms with E-state index in [9.17, 15) is 4.79 Å². The van der Waals surface area contributed by atoms with Crippen LogP contribution in [0.25, 0.3) is 10.6 Å². The first-order valence-corrected chi connectivity index (χ1v) is 8.96. The van der Waals surface area contributed by atoms with E-state index in [-0.39, 0.29) is 12.0 Å². The Balaban J connectivity index is 1.74. The van der Waals surface area contributed by atoms with Gasteiger partial charge >= 0.3 is 0 Å². The van der Waals surface area contributed by atoms with Crippen LogP contribution in [0.15, 0.2) is 48.1 Å². The van der Waals surface area contributed by atoms with Crippen molar-refractivity contribution in [2.75, 3.05) is 12.4 Å². The Morgan fingerprint density at radius 2 is 1.96 bits per heavy atom. The highest BCUT2D eigenvalue weighted by molar-refractivity contribution is 7.13. The SMILES string of the molecule is COc1ccncc1NC(=O)c1csc(-c2ccc(OC(C)C)cc2)n1. The van der Waals surface area contributed by atoms with Crippen molar-refractivity contribution in [3.05, 3.63) is 53.8 Å². The fourth-order valence-electron chi connectivity index (χ4n) is 2.30. The first-order valence-electron chi connectivity index (χ1n) is 8.09. The Morgan fingerprint density at radius 1 is 1.19 bits per heavy atom. The molecule has 0 aliphatic heterocycles. The van der Waals surface area contributed by atoms with Gasteiger partial charge in [0.25, 0.3) is 5.91 Å². The molecule has 0 bridgehead atoms. The Hall–Kier alpha value is -2.93. The molecular formula is C19H19N3O3S. The summed E-state index contributed by atoms with van der Waals surface area (Å²) in [6.45, 7) is 3.97. The summed E-state index contributed by atoms with van der Waals surface area (Å²) < 4.78 is 10.8. The molecule has 1 N–H and O–H groups in total. The molecule has 0 spiro atoms. The summed E-state index contributed by atoms with van der Waals surface area (Å²) >= 11 is 1.41. The van der Waals surface area contributed by atoms with Gasteiger partial charge in [0.1, 0.15) is 27.9 Å². The number of pyridine rings is 1. The summed E-state index contributed by atoms with van der Waals surface area (Å²) in [6, 6.07) is 9.35. The summed E-state index contributed by atoms with van der Waals surface area (Å²) in [5.41, 5.74) is 1.78. The van der Waals surface area contributed by atoms with Gasteiger partial charge in [-0.3, -0.25) is 9.78 Å². The number of nitrogens with one attached hydrogen (secondary N) is 1. The lowest BCUT2D eigenvalue weighted by atomic mass is 10.2. The molecule has 0 fully saturated rings. The third-order valence-corrected chi connectivity index (χ3v) is 4.35. The topological polar surface area (TPSA) is 73.3 Å². The molecule has 3 aromatic rings. The van der Waals surface area contributed by atoms with Crippen molar-refractivity contribution in [2.45, 2.75) is 20.0 Å². The van der Waals surface area contributed by atoms with Gasteiger partial charge in [0.2, 0.25) is 0 Å². The quantitative estimate of drug-likeness (QED) is 0.703. The molecule has 3 rings (SSSR count). The number of nitrogens with zero attached hydrogens (tertiary/aromatic N) is 2. The second-order valence-electron chi connectivity index (χ2n) is 5.76. The number of thiazole rings is 1. The van der Waals surface area contributed by atoms with E-state index in [1.807, 2.05) is 38.1 Å². The second-order valence-corrected chi connectivity index (χ2v) is 6.62. The van der Waals surface area contributed by atoms with Gasteiger partial charge in [-0.25, -0.2) is 4.98 Å². The lowest BCUT2D eigenvalue weighted by Gasteiger charge is -2.09. The fourth-order valence-corrected chi connectivity index (χ4v) is 3.11. The summed E-state index contributed by atoms with van der Waals surface area (Å²) in [5, 5.41) is 5.27. The molecule has 0 saturated heterocycles. The molecule has 134 valence electrons. The third-order valence-electron chi connectivity index (χ3n) is 3.46. The zero-order chi connectivity index (χ0) is 18.5. The molecule has 6 nitrogen and oxygen atoms in total. The van der Waals surface area contributed by atoms with Crippen molar-refractivity contribution in [1.82, 2.24) is 9.97 Å². The molecule has 0 radical (unpaired) electrons. The largest absolute Gasteiger partial charge is 0.494 e. The molecule has 2 aromatic heterocycles. The predicted octanol–water partition coefficient (Wildman–Crippen LogP) is 4.25. The van der Waals surface area contributed by atoms with Crippen molar-refractivity contribution in [2.24, 2.45) is 0 Å². The van der Waals surface area contributed by atoms with Gasteiger partial charge in [-0.05, 0) is 38.1 Å². The van der Waals surface area contributed by atoms with Crippen LogP contribution >= 0.6 is 11.3 Å². The van der Waals surface area contributed by atoms with E-state index in [0.29, 0.717) is 17.1 Å². The standard InChI is InChI=1S/C19H19N3O3S/c1-12(2)25-14-6-4-13(5-7-14)19-22-16(11-26-19)18(23)21-15-10-20-9-8-17(15)24-3/h4-12H,1-3H3,(H,21,23). The average Bonchev–Trinajstić information content (AvgIpc) is 3.12. The number of anilines is 1. The van der Waals surface area contributed by atoms with E-state index in [1.165, 1.54) is 17.5 Å². The van der Waals surface area contributed by atoms with Crippen molar-refractivity contribution in [3.63, 3.8) is 0 Å². The number of carbonyl (C=O) groups excluding carboxylic acids is 1. The van der Waals surface area contributed by atoms with Crippen LogP contribution in [0.5, 0.6) is 11.5 Å². The molecule has 2 heterocycles. The number of hydrogen-bond donors (Lipinski definition) is 1. The van der Waals surface area contributed by atoms with Gasteiger partial charge in [-0.15, -0.1) is 11.3 Å². The maximum Gasteiger partial charge on any atom is 0.275 e. The number of rotatable bonds is 6. The number of ether oxygens (including phenoxy) is 2. The van der Waals surface area contributed by atoms with Crippen LogP contribution in [0.4, 0.5) is 5.69 Å². The minimum atomic E-state index is -0.307. The number of hydrogen-bond acceptors (Lipinski definition) is 6. The first-order chi connectivity index (χ1) is 12.6. The normalized spacial score (nSPS) is 10.6. The molecule has 0 saturated carbocycles. The van der Waals surface area contributed by atoms with Crippen LogP contribution in [0, 0.1) is 0 Å². The zero-order valence-corrected chi connectivity index (χ0v) is 15.5. The van der Waals surface area contributed by atoms with Crippen LogP contribution in [0.2, 0.25) is 0 Å². The lowest BCUT2D eigenvalue weighted by molar-refractivity contribution is 0.102. The molecule has 0 atom stereocenters. The summed E-state index contributed by atoms with van der Waals surface area (Å²) in [4.78, 5) is 20.9. The van der Waals surface area contributed by atoms with Crippen molar-refractivity contribution in [1.29, 1.82) is 0 Å². The Morgan fingerprint density at radius 3 is 2.65 bits per heavy atom. The molecular weight excluding hydrogens is 350 g/mol. The van der Waals surface area contributed by atoms with Crippen LogP contribution in [-0.2, 0) is 0 Å². The maximum atomic E-state index is 12.4. The number of amides is 1. The summed E-state index contributed by atoms with van der Waals surface area (Å²) in [6.07, 6.45) is 3.26. The molecule has 0 unspecified atom stereocenters. The van der Waals surface area contributed by atoms with Gasteiger partial charge in [0.05, 0.1) is 19.4 Å². The first kappa shape index (κ1) is 17.9. The fraction of sp³-hybridized carbons (Fsp3) is 0.211. The van der Waals surface area contributed by atoms with Crippen molar-refractivity contribution >= 4 is 22.9 Å². The van der Waals surface area contributed by atoms with Gasteiger partial charge in [-0.2, -0.15) is 0 Å². The third kappa shape index (κ3) is 4.18. The highest BCUT2D eigenvalue weighted by atomic mass is 32.1. The van der Waals surface area contributed by atoms with Crippen LogP contribution < -0.4 is 14.8 Å². The number of carbonyl (C=O) groups is 1. The number of aromatic nitrogens is 2.